The van der Waals surface area contributed by atoms with Gasteiger partial charge in [0, 0.05) is 16.7 Å². The number of hydrogen-bond acceptors (Lipinski definition) is 7. The Morgan fingerprint density at radius 3 is 1.63 bits per heavy atom. The number of ether oxygens (including phenoxy) is 3. The Hall–Kier alpha value is -2.41. The molecule has 1 N–H and O–H groups in total. The summed E-state index contributed by atoms with van der Waals surface area (Å²) in [6.07, 6.45) is 4.63. The van der Waals surface area contributed by atoms with Crippen molar-refractivity contribution in [3.05, 3.63) is 36.5 Å². The second-order valence-electron chi connectivity index (χ2n) is 6.71. The van der Waals surface area contributed by atoms with E-state index in [0.29, 0.717) is 29.2 Å². The fourth-order valence-corrected chi connectivity index (χ4v) is 1.65. The fraction of sp³-hybridized carbons (Fsp3) is 0.609. The first-order valence-electron chi connectivity index (χ1n) is 9.98. The second-order valence-corrected chi connectivity index (χ2v) is 6.71. The van der Waals surface area contributed by atoms with E-state index >= 15 is 0 Å². The lowest BCUT2D eigenvalue weighted by molar-refractivity contribution is -0.141. The first-order valence-corrected chi connectivity index (χ1v) is 9.98. The molecular formula is C23H40O7. The molecule has 0 saturated carbocycles. The zero-order valence-electron chi connectivity index (χ0n) is 19.5. The lowest BCUT2D eigenvalue weighted by Crippen LogP contribution is -2.14. The minimum Gasteiger partial charge on any atom is -0.466 e. The Kier molecular flexibility index (Phi) is 22.9. The highest BCUT2D eigenvalue weighted by molar-refractivity contribution is 5.87. The van der Waals surface area contributed by atoms with E-state index < -0.39 is 5.97 Å². The third-order valence-corrected chi connectivity index (χ3v) is 3.55. The molecule has 30 heavy (non-hydrogen) atoms. The summed E-state index contributed by atoms with van der Waals surface area (Å²) in [5.41, 5.74) is 1.27. The van der Waals surface area contributed by atoms with Crippen molar-refractivity contribution in [1.29, 1.82) is 0 Å². The van der Waals surface area contributed by atoms with E-state index in [9.17, 15) is 14.4 Å². The van der Waals surface area contributed by atoms with Crippen molar-refractivity contribution in [2.45, 2.75) is 60.3 Å². The molecule has 0 aromatic rings. The number of esters is 3. The number of unbranched alkanes of at least 4 members (excludes halogenated alkanes) is 1. The molecular weight excluding hydrogens is 388 g/mol. The maximum Gasteiger partial charge on any atom is 0.333 e. The average molecular weight is 429 g/mol. The third-order valence-electron chi connectivity index (χ3n) is 3.55. The van der Waals surface area contributed by atoms with Gasteiger partial charge in [-0.25, -0.2) is 14.4 Å². The first-order chi connectivity index (χ1) is 14.0. The molecule has 0 radical (unpaired) electrons. The summed E-state index contributed by atoms with van der Waals surface area (Å²) in [7, 11) is 1.33. The van der Waals surface area contributed by atoms with E-state index in [4.69, 9.17) is 9.84 Å². The monoisotopic (exact) mass is 428 g/mol. The molecule has 0 rings (SSSR count). The summed E-state index contributed by atoms with van der Waals surface area (Å²) in [5.74, 6) is -0.553. The highest BCUT2D eigenvalue weighted by Gasteiger charge is 2.09. The molecule has 7 nitrogen and oxygen atoms in total. The molecule has 7 heteroatoms. The van der Waals surface area contributed by atoms with Crippen LogP contribution in [0.25, 0.3) is 0 Å². The van der Waals surface area contributed by atoms with Crippen LogP contribution < -0.4 is 0 Å². The standard InChI is InChI=1S/C12H22O2.C6H10O3.C5H8O2/c1-5-7-8-11(6-2)9-14-12(13)10(3)4;1-5(2)6(8)9-4-3-7;1-4(2)5(6)7-3/h11H,3,5-9H2,1-2,4H3;7H,1,3-4H2,2H3;1H2,2-3H3. The molecule has 1 unspecified atom stereocenters. The van der Waals surface area contributed by atoms with Gasteiger partial charge in [-0.05, 0) is 33.1 Å². The normalized spacial score (nSPS) is 10.1. The molecule has 0 fully saturated rings. The highest BCUT2D eigenvalue weighted by Crippen LogP contribution is 2.13. The second kappa shape index (κ2) is 21.3. The number of aliphatic hydroxyl groups is 1. The smallest absolute Gasteiger partial charge is 0.333 e. The molecule has 0 aliphatic heterocycles. The van der Waals surface area contributed by atoms with Crippen LogP contribution in [0.3, 0.4) is 0 Å². The quantitative estimate of drug-likeness (QED) is 0.300. The Morgan fingerprint density at radius 2 is 1.33 bits per heavy atom. The molecule has 0 spiro atoms. The first kappa shape index (κ1) is 32.3. The maximum absolute atomic E-state index is 11.1. The van der Waals surface area contributed by atoms with Crippen LogP contribution in [0, 0.1) is 5.92 Å². The minimum absolute atomic E-state index is 0.0473. The summed E-state index contributed by atoms with van der Waals surface area (Å²) in [5, 5.41) is 8.19. The number of carbonyl (C=O) groups is 3. The van der Waals surface area contributed by atoms with Gasteiger partial charge in [0.25, 0.3) is 0 Å². The van der Waals surface area contributed by atoms with Crippen LogP contribution in [0.15, 0.2) is 36.5 Å². The van der Waals surface area contributed by atoms with Crippen molar-refractivity contribution in [3.63, 3.8) is 0 Å². The van der Waals surface area contributed by atoms with E-state index in [1.54, 1.807) is 20.8 Å². The molecule has 0 aliphatic rings. The van der Waals surface area contributed by atoms with Crippen molar-refractivity contribution in [2.24, 2.45) is 5.92 Å². The van der Waals surface area contributed by atoms with Gasteiger partial charge in [0.2, 0.25) is 0 Å². The van der Waals surface area contributed by atoms with E-state index in [-0.39, 0.29) is 25.2 Å². The van der Waals surface area contributed by atoms with Crippen molar-refractivity contribution in [1.82, 2.24) is 0 Å². The van der Waals surface area contributed by atoms with Gasteiger partial charge >= 0.3 is 17.9 Å². The Bertz CT molecular complexity index is 550. The zero-order valence-corrected chi connectivity index (χ0v) is 19.5. The van der Waals surface area contributed by atoms with Gasteiger partial charge in [0.1, 0.15) is 6.61 Å². The SMILES string of the molecule is C=C(C)C(=O)OC.C=C(C)C(=O)OCC(CC)CCCC.C=C(C)C(=O)OCCO. The summed E-state index contributed by atoms with van der Waals surface area (Å²) in [4.78, 5) is 31.8. The minimum atomic E-state index is -0.455. The van der Waals surface area contributed by atoms with Gasteiger partial charge in [-0.2, -0.15) is 0 Å². The number of methoxy groups -OCH3 is 1. The number of carbonyl (C=O) groups excluding carboxylic acids is 3. The molecule has 1 atom stereocenters. The van der Waals surface area contributed by atoms with E-state index in [0.717, 1.165) is 12.8 Å². The van der Waals surface area contributed by atoms with Crippen LogP contribution in [0.5, 0.6) is 0 Å². The third kappa shape index (κ3) is 21.9. The fourth-order valence-electron chi connectivity index (χ4n) is 1.65. The van der Waals surface area contributed by atoms with Crippen LogP contribution in [-0.2, 0) is 28.6 Å². The summed E-state index contributed by atoms with van der Waals surface area (Å²) >= 11 is 0. The molecule has 0 saturated heterocycles. The predicted octanol–water partition coefficient (Wildman–Crippen LogP) is 4.16. The van der Waals surface area contributed by atoms with Crippen LogP contribution >= 0.6 is 0 Å². The van der Waals surface area contributed by atoms with Crippen molar-refractivity contribution >= 4 is 17.9 Å². The summed E-state index contributed by atoms with van der Waals surface area (Å²) < 4.78 is 13.9. The van der Waals surface area contributed by atoms with Crippen LogP contribution in [-0.4, -0.2) is 49.9 Å². The lowest BCUT2D eigenvalue weighted by Gasteiger charge is -2.14. The molecule has 0 bridgehead atoms. The van der Waals surface area contributed by atoms with Crippen molar-refractivity contribution < 1.29 is 33.7 Å². The largest absolute Gasteiger partial charge is 0.466 e. The number of aliphatic hydroxyl groups excluding tert-OH is 1. The zero-order chi connectivity index (χ0) is 24.1. The lowest BCUT2D eigenvalue weighted by atomic mass is 10.0. The molecule has 174 valence electrons. The number of hydrogen-bond donors (Lipinski definition) is 1. The Balaban J connectivity index is -0.000000393. The van der Waals surface area contributed by atoms with Crippen LogP contribution in [0.2, 0.25) is 0 Å². The van der Waals surface area contributed by atoms with E-state index in [2.05, 4.69) is 43.1 Å². The van der Waals surface area contributed by atoms with E-state index in [1.807, 2.05) is 0 Å². The predicted molar refractivity (Wildman–Crippen MR) is 119 cm³/mol. The van der Waals surface area contributed by atoms with Gasteiger partial charge < -0.3 is 19.3 Å². The number of rotatable bonds is 11. The molecule has 0 amide bonds. The topological polar surface area (TPSA) is 99.1 Å². The summed E-state index contributed by atoms with van der Waals surface area (Å²) in [6.45, 7) is 19.8. The van der Waals surface area contributed by atoms with Crippen LogP contribution in [0.4, 0.5) is 0 Å². The Labute approximate surface area is 181 Å². The van der Waals surface area contributed by atoms with Gasteiger partial charge in [0.05, 0.1) is 20.3 Å². The van der Waals surface area contributed by atoms with Crippen molar-refractivity contribution in [3.8, 4) is 0 Å². The summed E-state index contributed by atoms with van der Waals surface area (Å²) in [6, 6.07) is 0. The van der Waals surface area contributed by atoms with Crippen molar-refractivity contribution in [2.75, 3.05) is 26.9 Å². The molecule has 0 aliphatic carbocycles. The highest BCUT2D eigenvalue weighted by atomic mass is 16.5. The van der Waals surface area contributed by atoms with E-state index in [1.165, 1.54) is 20.0 Å². The maximum atomic E-state index is 11.1. The van der Waals surface area contributed by atoms with Gasteiger partial charge in [-0.3, -0.25) is 0 Å². The van der Waals surface area contributed by atoms with Gasteiger partial charge in [-0.1, -0.05) is 52.8 Å². The Morgan fingerprint density at radius 1 is 0.867 bits per heavy atom. The molecule has 0 aromatic heterocycles. The molecule has 0 aromatic carbocycles. The van der Waals surface area contributed by atoms with Crippen LogP contribution in [0.1, 0.15) is 60.3 Å². The average Bonchev–Trinajstić information content (AvgIpc) is 2.71. The van der Waals surface area contributed by atoms with Gasteiger partial charge in [0.15, 0.2) is 0 Å². The molecule has 0 heterocycles. The van der Waals surface area contributed by atoms with Gasteiger partial charge in [-0.15, -0.1) is 0 Å².